The summed E-state index contributed by atoms with van der Waals surface area (Å²) in [4.78, 5) is 25.7. The molecule has 1 unspecified atom stereocenters. The highest BCUT2D eigenvalue weighted by molar-refractivity contribution is 5.95. The van der Waals surface area contributed by atoms with Crippen molar-refractivity contribution in [3.8, 4) is 5.75 Å². The van der Waals surface area contributed by atoms with Crippen molar-refractivity contribution < 1.29 is 14.3 Å². The van der Waals surface area contributed by atoms with E-state index in [0.29, 0.717) is 5.75 Å². The third-order valence-electron chi connectivity index (χ3n) is 3.78. The highest BCUT2D eigenvalue weighted by atomic mass is 16.5. The maximum atomic E-state index is 12.3. The average Bonchev–Trinajstić information content (AvgIpc) is 2.51. The molecule has 0 radical (unpaired) electrons. The Hall–Kier alpha value is -2.04. The van der Waals surface area contributed by atoms with Gasteiger partial charge >= 0.3 is 0 Å². The molecular weight excluding hydrogens is 268 g/mol. The molecule has 114 valence electrons. The van der Waals surface area contributed by atoms with E-state index >= 15 is 0 Å². The van der Waals surface area contributed by atoms with Gasteiger partial charge in [-0.05, 0) is 25.0 Å². The Labute approximate surface area is 125 Å². The minimum Gasteiger partial charge on any atom is -0.477 e. The summed E-state index contributed by atoms with van der Waals surface area (Å²) in [5.74, 6) is 0.319. The van der Waals surface area contributed by atoms with Crippen LogP contribution in [0.15, 0.2) is 24.3 Å². The summed E-state index contributed by atoms with van der Waals surface area (Å²) in [5, 5.41) is 2.97. The van der Waals surface area contributed by atoms with Crippen molar-refractivity contribution in [1.82, 2.24) is 5.32 Å². The Kier molecular flexibility index (Phi) is 4.83. The monoisotopic (exact) mass is 290 g/mol. The fraction of sp³-hybridized carbons (Fsp3) is 0.500. The van der Waals surface area contributed by atoms with Crippen molar-refractivity contribution in [2.45, 2.75) is 45.8 Å². The van der Waals surface area contributed by atoms with Gasteiger partial charge < -0.3 is 15.0 Å². The summed E-state index contributed by atoms with van der Waals surface area (Å²) in [7, 11) is 0. The number of para-hydroxylation sites is 2. The molecule has 0 aromatic heterocycles. The molecule has 0 aliphatic carbocycles. The van der Waals surface area contributed by atoms with E-state index in [1.807, 2.05) is 32.0 Å². The average molecular weight is 290 g/mol. The first-order valence-corrected chi connectivity index (χ1v) is 7.41. The lowest BCUT2D eigenvalue weighted by Gasteiger charge is -2.34. The molecule has 5 heteroatoms. The van der Waals surface area contributed by atoms with Crippen LogP contribution in [-0.2, 0) is 9.59 Å². The van der Waals surface area contributed by atoms with E-state index in [1.165, 1.54) is 6.92 Å². The molecule has 0 bridgehead atoms. The lowest BCUT2D eigenvalue weighted by Crippen LogP contribution is -2.52. The molecular formula is C16H22N2O3. The third kappa shape index (κ3) is 3.35. The van der Waals surface area contributed by atoms with Gasteiger partial charge in [0, 0.05) is 13.0 Å². The molecule has 1 aliphatic heterocycles. The van der Waals surface area contributed by atoms with Crippen LogP contribution < -0.4 is 15.0 Å². The highest BCUT2D eigenvalue weighted by Gasteiger charge is 2.32. The van der Waals surface area contributed by atoms with Crippen LogP contribution >= 0.6 is 0 Å². The quantitative estimate of drug-likeness (QED) is 0.924. The van der Waals surface area contributed by atoms with E-state index in [0.717, 1.165) is 18.5 Å². The van der Waals surface area contributed by atoms with Gasteiger partial charge in [0.1, 0.15) is 5.75 Å². The van der Waals surface area contributed by atoms with Crippen LogP contribution in [0.1, 0.15) is 33.6 Å². The molecule has 2 rings (SSSR count). The number of anilines is 1. The Morgan fingerprint density at radius 3 is 2.62 bits per heavy atom. The largest absolute Gasteiger partial charge is 0.477 e. The van der Waals surface area contributed by atoms with Crippen LogP contribution in [0.4, 0.5) is 5.69 Å². The smallest absolute Gasteiger partial charge is 0.263 e. The van der Waals surface area contributed by atoms with Crippen molar-refractivity contribution in [2.24, 2.45) is 0 Å². The second kappa shape index (κ2) is 6.61. The molecule has 2 amide bonds. The number of nitrogens with zero attached hydrogens (tertiary/aromatic N) is 1. The van der Waals surface area contributed by atoms with Crippen LogP contribution in [0.5, 0.6) is 5.75 Å². The lowest BCUT2D eigenvalue weighted by molar-refractivity contribution is -0.129. The van der Waals surface area contributed by atoms with Gasteiger partial charge in [0.25, 0.3) is 5.91 Å². The van der Waals surface area contributed by atoms with Gasteiger partial charge in [0.05, 0.1) is 12.2 Å². The normalized spacial score (nSPS) is 17.1. The molecule has 1 aliphatic rings. The maximum Gasteiger partial charge on any atom is 0.263 e. The van der Waals surface area contributed by atoms with Crippen LogP contribution in [-0.4, -0.2) is 30.5 Å². The summed E-state index contributed by atoms with van der Waals surface area (Å²) in [6.45, 7) is 5.82. The standard InChI is InChI=1S/C16H22N2O3/c1-4-12(5-2)17-16(20)15-10-18(11(3)19)13-8-6-7-9-14(13)21-15/h6-9,12,15H,4-5,10H2,1-3H3,(H,17,20). The van der Waals surface area contributed by atoms with Crippen molar-refractivity contribution >= 4 is 17.5 Å². The van der Waals surface area contributed by atoms with Gasteiger partial charge in [0.2, 0.25) is 5.91 Å². The van der Waals surface area contributed by atoms with E-state index < -0.39 is 6.10 Å². The number of ether oxygens (including phenoxy) is 1. The summed E-state index contributed by atoms with van der Waals surface area (Å²) in [6.07, 6.45) is 1.09. The van der Waals surface area contributed by atoms with Gasteiger partial charge in [-0.15, -0.1) is 0 Å². The number of carbonyl (C=O) groups is 2. The van der Waals surface area contributed by atoms with E-state index in [2.05, 4.69) is 5.32 Å². The minimum atomic E-state index is -0.663. The zero-order valence-electron chi connectivity index (χ0n) is 12.8. The van der Waals surface area contributed by atoms with Gasteiger partial charge in [-0.1, -0.05) is 26.0 Å². The fourth-order valence-corrected chi connectivity index (χ4v) is 2.46. The topological polar surface area (TPSA) is 58.6 Å². The number of benzene rings is 1. The van der Waals surface area contributed by atoms with Gasteiger partial charge in [-0.25, -0.2) is 0 Å². The van der Waals surface area contributed by atoms with Crippen LogP contribution in [0, 0.1) is 0 Å². The highest BCUT2D eigenvalue weighted by Crippen LogP contribution is 2.33. The molecule has 0 fully saturated rings. The SMILES string of the molecule is CCC(CC)NC(=O)C1CN(C(C)=O)c2ccccc2O1. The lowest BCUT2D eigenvalue weighted by atomic mass is 10.1. The summed E-state index contributed by atoms with van der Waals surface area (Å²) in [6, 6.07) is 7.43. The van der Waals surface area contributed by atoms with Crippen molar-refractivity contribution in [3.05, 3.63) is 24.3 Å². The molecule has 1 atom stereocenters. The molecule has 1 aromatic rings. The molecule has 1 aromatic carbocycles. The zero-order chi connectivity index (χ0) is 15.4. The Morgan fingerprint density at radius 1 is 1.33 bits per heavy atom. The van der Waals surface area contributed by atoms with Crippen LogP contribution in [0.2, 0.25) is 0 Å². The summed E-state index contributed by atoms with van der Waals surface area (Å²) >= 11 is 0. The van der Waals surface area contributed by atoms with Gasteiger partial charge in [-0.2, -0.15) is 0 Å². The Morgan fingerprint density at radius 2 is 2.00 bits per heavy atom. The molecule has 0 saturated carbocycles. The first kappa shape index (κ1) is 15.4. The Balaban J connectivity index is 2.17. The van der Waals surface area contributed by atoms with Crippen molar-refractivity contribution in [1.29, 1.82) is 0 Å². The number of hydrogen-bond donors (Lipinski definition) is 1. The maximum absolute atomic E-state index is 12.3. The van der Waals surface area contributed by atoms with Gasteiger partial charge in [0.15, 0.2) is 6.10 Å². The number of fused-ring (bicyclic) bond motifs is 1. The third-order valence-corrected chi connectivity index (χ3v) is 3.78. The van der Waals surface area contributed by atoms with Gasteiger partial charge in [-0.3, -0.25) is 9.59 Å². The predicted octanol–water partition coefficient (Wildman–Crippen LogP) is 2.11. The van der Waals surface area contributed by atoms with Crippen LogP contribution in [0.25, 0.3) is 0 Å². The fourth-order valence-electron chi connectivity index (χ4n) is 2.46. The molecule has 0 spiro atoms. The minimum absolute atomic E-state index is 0.0916. The number of rotatable bonds is 4. The predicted molar refractivity (Wildman–Crippen MR) is 81.4 cm³/mol. The van der Waals surface area contributed by atoms with E-state index in [4.69, 9.17) is 4.74 Å². The molecule has 5 nitrogen and oxygen atoms in total. The van der Waals surface area contributed by atoms with E-state index in [1.54, 1.807) is 11.0 Å². The molecule has 1 N–H and O–H groups in total. The van der Waals surface area contributed by atoms with E-state index in [-0.39, 0.29) is 24.4 Å². The number of nitrogens with one attached hydrogen (secondary N) is 1. The molecule has 21 heavy (non-hydrogen) atoms. The van der Waals surface area contributed by atoms with E-state index in [9.17, 15) is 9.59 Å². The van der Waals surface area contributed by atoms with Crippen molar-refractivity contribution in [3.63, 3.8) is 0 Å². The zero-order valence-corrected chi connectivity index (χ0v) is 12.8. The first-order chi connectivity index (χ1) is 10.1. The first-order valence-electron chi connectivity index (χ1n) is 7.41. The number of amides is 2. The Bertz CT molecular complexity index is 526. The van der Waals surface area contributed by atoms with Crippen LogP contribution in [0.3, 0.4) is 0 Å². The number of carbonyl (C=O) groups excluding carboxylic acids is 2. The molecule has 1 heterocycles. The molecule has 0 saturated heterocycles. The van der Waals surface area contributed by atoms with Crippen molar-refractivity contribution in [2.75, 3.05) is 11.4 Å². The summed E-state index contributed by atoms with van der Waals surface area (Å²) in [5.41, 5.74) is 0.719. The summed E-state index contributed by atoms with van der Waals surface area (Å²) < 4.78 is 5.76. The second-order valence-corrected chi connectivity index (χ2v) is 5.23. The number of hydrogen-bond acceptors (Lipinski definition) is 3. The second-order valence-electron chi connectivity index (χ2n) is 5.23.